The molecule has 3 rings (SSSR count). The molecule has 1 unspecified atom stereocenters. The number of anilines is 1. The van der Waals surface area contributed by atoms with E-state index in [4.69, 9.17) is 5.73 Å². The van der Waals surface area contributed by atoms with Gasteiger partial charge in [-0.15, -0.1) is 24.8 Å². The zero-order valence-electron chi connectivity index (χ0n) is 19.8. The van der Waals surface area contributed by atoms with E-state index >= 15 is 0 Å². The lowest BCUT2D eigenvalue weighted by molar-refractivity contribution is 0.109. The van der Waals surface area contributed by atoms with E-state index in [0.29, 0.717) is 11.7 Å². The molecule has 2 aromatic rings. The molecule has 7 nitrogen and oxygen atoms in total. The number of urea groups is 1. The molecule has 190 valence electrons. The van der Waals surface area contributed by atoms with Crippen LogP contribution in [-0.4, -0.2) is 40.4 Å². The van der Waals surface area contributed by atoms with E-state index < -0.39 is 6.03 Å². The van der Waals surface area contributed by atoms with Crippen LogP contribution in [0.4, 0.5) is 10.5 Å². The summed E-state index contributed by atoms with van der Waals surface area (Å²) in [6.07, 6.45) is 8.28. The van der Waals surface area contributed by atoms with Crippen LogP contribution in [0.15, 0.2) is 36.4 Å². The fourth-order valence-electron chi connectivity index (χ4n) is 4.41. The number of nitrogens with zero attached hydrogens (tertiary/aromatic N) is 1. The highest BCUT2D eigenvalue weighted by atomic mass is 35.5. The van der Waals surface area contributed by atoms with E-state index in [-0.39, 0.29) is 36.3 Å². The van der Waals surface area contributed by atoms with Gasteiger partial charge in [0.05, 0.1) is 0 Å². The van der Waals surface area contributed by atoms with Gasteiger partial charge in [-0.1, -0.05) is 44.4 Å². The van der Waals surface area contributed by atoms with Crippen molar-refractivity contribution in [3.05, 3.63) is 53.1 Å². The number of halogens is 2. The Hall–Kier alpha value is -2.19. The molecular weight excluding hydrogens is 475 g/mol. The summed E-state index contributed by atoms with van der Waals surface area (Å²) in [5.74, 6) is 0.00599. The van der Waals surface area contributed by atoms with E-state index in [1.54, 1.807) is 6.07 Å². The van der Waals surface area contributed by atoms with Crippen LogP contribution in [0, 0.1) is 0 Å². The first-order valence-electron chi connectivity index (χ1n) is 11.7. The smallest absolute Gasteiger partial charge is 0.316 e. The Morgan fingerprint density at radius 1 is 1.09 bits per heavy atom. The summed E-state index contributed by atoms with van der Waals surface area (Å²) in [5.41, 5.74) is 12.7. The third-order valence-corrected chi connectivity index (χ3v) is 6.18. The Morgan fingerprint density at radius 3 is 2.50 bits per heavy atom. The predicted octanol–water partition coefficient (Wildman–Crippen LogP) is 4.92. The van der Waals surface area contributed by atoms with Crippen LogP contribution in [0.3, 0.4) is 0 Å². The standard InChI is InChI=1S/C25H36N4O3.2ClH/c1-2-3-4-5-16-29(21-11-12-22-19(17-21)8-13-23(30)24(22)31)27-15-14-18-6-9-20(10-7-18)28-25(26)32;;/h6-10,13,21,27,30-31H,2-5,11-12,14-17H2,1H3,(H3,26,28,32);2*1H. The van der Waals surface area contributed by atoms with Gasteiger partial charge < -0.3 is 21.3 Å². The van der Waals surface area contributed by atoms with Gasteiger partial charge in [0.25, 0.3) is 0 Å². The molecule has 0 aromatic heterocycles. The van der Waals surface area contributed by atoms with Crippen LogP contribution in [0.1, 0.15) is 55.7 Å². The summed E-state index contributed by atoms with van der Waals surface area (Å²) >= 11 is 0. The Morgan fingerprint density at radius 2 is 1.82 bits per heavy atom. The number of nitrogens with two attached hydrogens (primary N) is 1. The SMILES string of the molecule is CCCCCCN(NCCc1ccc(NC(N)=O)cc1)C1CCc2c(ccc(O)c2O)C1.Cl.Cl. The largest absolute Gasteiger partial charge is 0.504 e. The van der Waals surface area contributed by atoms with Gasteiger partial charge >= 0.3 is 6.03 Å². The Balaban J connectivity index is 0.00000289. The Labute approximate surface area is 214 Å². The lowest BCUT2D eigenvalue weighted by atomic mass is 9.87. The number of primary amides is 1. The predicted molar refractivity (Wildman–Crippen MR) is 142 cm³/mol. The third kappa shape index (κ3) is 8.55. The number of hydrogen-bond acceptors (Lipinski definition) is 5. The molecule has 1 aliphatic carbocycles. The van der Waals surface area contributed by atoms with Crippen LogP contribution in [0.25, 0.3) is 0 Å². The highest BCUT2D eigenvalue weighted by molar-refractivity contribution is 5.87. The van der Waals surface area contributed by atoms with Gasteiger partial charge in [-0.3, -0.25) is 5.43 Å². The zero-order valence-corrected chi connectivity index (χ0v) is 21.4. The first-order chi connectivity index (χ1) is 15.5. The third-order valence-electron chi connectivity index (χ3n) is 6.18. The molecule has 9 heteroatoms. The Kier molecular flexibility index (Phi) is 13.1. The van der Waals surface area contributed by atoms with Crippen molar-refractivity contribution in [2.24, 2.45) is 5.73 Å². The Bertz CT molecular complexity index is 896. The van der Waals surface area contributed by atoms with Gasteiger partial charge in [0.2, 0.25) is 0 Å². The maximum absolute atomic E-state index is 11.0. The number of unbranched alkanes of at least 4 members (excludes halogenated alkanes) is 3. The van der Waals surface area contributed by atoms with Gasteiger partial charge in [0.15, 0.2) is 11.5 Å². The van der Waals surface area contributed by atoms with Crippen molar-refractivity contribution >= 4 is 36.5 Å². The fraction of sp³-hybridized carbons (Fsp3) is 0.480. The maximum atomic E-state index is 11.0. The van der Waals surface area contributed by atoms with Crippen LogP contribution in [-0.2, 0) is 19.3 Å². The maximum Gasteiger partial charge on any atom is 0.316 e. The minimum absolute atomic E-state index is 0. The van der Waals surface area contributed by atoms with Crippen LogP contribution in [0.2, 0.25) is 0 Å². The van der Waals surface area contributed by atoms with Crippen molar-refractivity contribution in [2.45, 2.75) is 64.3 Å². The normalized spacial score (nSPS) is 14.6. The van der Waals surface area contributed by atoms with Gasteiger partial charge in [-0.2, -0.15) is 0 Å². The topological polar surface area (TPSA) is 111 Å². The molecule has 0 bridgehead atoms. The van der Waals surface area contributed by atoms with Crippen molar-refractivity contribution < 1.29 is 15.0 Å². The lowest BCUT2D eigenvalue weighted by Crippen LogP contribution is -2.49. The van der Waals surface area contributed by atoms with Gasteiger partial charge in [0, 0.05) is 30.4 Å². The number of nitrogens with one attached hydrogen (secondary N) is 2. The molecule has 0 aliphatic heterocycles. The zero-order chi connectivity index (χ0) is 22.9. The first-order valence-corrected chi connectivity index (χ1v) is 11.7. The number of carbonyl (C=O) groups excluding carboxylic acids is 1. The van der Waals surface area contributed by atoms with Crippen LogP contribution >= 0.6 is 24.8 Å². The van der Waals surface area contributed by atoms with Crippen molar-refractivity contribution in [3.63, 3.8) is 0 Å². The number of benzene rings is 2. The average molecular weight is 514 g/mol. The minimum atomic E-state index is -0.560. The number of hydrazine groups is 1. The molecule has 2 amide bonds. The number of rotatable bonds is 11. The highest BCUT2D eigenvalue weighted by Crippen LogP contribution is 2.36. The van der Waals surface area contributed by atoms with E-state index in [9.17, 15) is 15.0 Å². The molecule has 2 aromatic carbocycles. The number of amides is 2. The van der Waals surface area contributed by atoms with Crippen LogP contribution in [0.5, 0.6) is 11.5 Å². The summed E-state index contributed by atoms with van der Waals surface area (Å²) < 4.78 is 0. The van der Waals surface area contributed by atoms with Gasteiger partial charge in [0.1, 0.15) is 0 Å². The average Bonchev–Trinajstić information content (AvgIpc) is 2.78. The number of carbonyl (C=O) groups is 1. The molecule has 0 saturated carbocycles. The molecule has 1 atom stereocenters. The molecule has 0 heterocycles. The van der Waals surface area contributed by atoms with Crippen molar-refractivity contribution in [3.8, 4) is 11.5 Å². The summed E-state index contributed by atoms with van der Waals surface area (Å²) in [5, 5.41) is 25.0. The molecule has 6 N–H and O–H groups in total. The highest BCUT2D eigenvalue weighted by Gasteiger charge is 2.26. The second-order valence-electron chi connectivity index (χ2n) is 8.57. The van der Waals surface area contributed by atoms with Gasteiger partial charge in [-0.05, 0) is 61.4 Å². The summed E-state index contributed by atoms with van der Waals surface area (Å²) in [7, 11) is 0. The van der Waals surface area contributed by atoms with Crippen molar-refractivity contribution in [1.82, 2.24) is 10.4 Å². The molecule has 0 fully saturated rings. The number of aromatic hydroxyl groups is 2. The number of fused-ring (bicyclic) bond motifs is 1. The summed E-state index contributed by atoms with van der Waals surface area (Å²) in [4.78, 5) is 11.0. The first kappa shape index (κ1) is 29.8. The summed E-state index contributed by atoms with van der Waals surface area (Å²) in [6, 6.07) is 11.1. The second kappa shape index (κ2) is 14.9. The molecule has 0 saturated heterocycles. The van der Waals surface area contributed by atoms with Gasteiger partial charge in [-0.25, -0.2) is 9.80 Å². The minimum Gasteiger partial charge on any atom is -0.504 e. The fourth-order valence-corrected chi connectivity index (χ4v) is 4.41. The summed E-state index contributed by atoms with van der Waals surface area (Å²) in [6.45, 7) is 4.03. The number of hydrogen-bond donors (Lipinski definition) is 5. The molecule has 0 spiro atoms. The lowest BCUT2D eigenvalue weighted by Gasteiger charge is -2.36. The molecule has 34 heavy (non-hydrogen) atoms. The van der Waals surface area contributed by atoms with Crippen molar-refractivity contribution in [2.75, 3.05) is 18.4 Å². The van der Waals surface area contributed by atoms with E-state index in [0.717, 1.165) is 56.3 Å². The van der Waals surface area contributed by atoms with E-state index in [1.807, 2.05) is 30.3 Å². The molecular formula is C25H38Cl2N4O3. The van der Waals surface area contributed by atoms with Crippen LogP contribution < -0.4 is 16.5 Å². The number of phenolic OH excluding ortho intramolecular Hbond substituents is 2. The second-order valence-corrected chi connectivity index (χ2v) is 8.57. The monoisotopic (exact) mass is 512 g/mol. The van der Waals surface area contributed by atoms with E-state index in [2.05, 4.69) is 22.7 Å². The van der Waals surface area contributed by atoms with Crippen molar-refractivity contribution in [1.29, 1.82) is 0 Å². The van der Waals surface area contributed by atoms with E-state index in [1.165, 1.54) is 24.8 Å². The quantitative estimate of drug-likeness (QED) is 0.166. The molecule has 1 aliphatic rings. The molecule has 0 radical (unpaired) electrons. The number of phenols is 2.